The van der Waals surface area contributed by atoms with Gasteiger partial charge in [-0.1, -0.05) is 24.3 Å². The van der Waals surface area contributed by atoms with Crippen LogP contribution >= 0.6 is 0 Å². The van der Waals surface area contributed by atoms with Gasteiger partial charge in [-0.15, -0.1) is 0 Å². The molecule has 162 valence electrons. The average Bonchev–Trinajstić information content (AvgIpc) is 3.06. The molecule has 10 heteroatoms. The highest BCUT2D eigenvalue weighted by Crippen LogP contribution is 2.25. The van der Waals surface area contributed by atoms with Gasteiger partial charge in [0.05, 0.1) is 27.7 Å². The Morgan fingerprint density at radius 1 is 1.00 bits per heavy atom. The van der Waals surface area contributed by atoms with E-state index in [0.717, 1.165) is 0 Å². The lowest BCUT2D eigenvalue weighted by atomic mass is 10.2. The molecule has 0 saturated heterocycles. The zero-order chi connectivity index (χ0) is 22.7. The topological polar surface area (TPSA) is 124 Å². The van der Waals surface area contributed by atoms with E-state index in [1.54, 1.807) is 19.1 Å². The maximum absolute atomic E-state index is 12.7. The van der Waals surface area contributed by atoms with Crippen molar-refractivity contribution in [2.75, 3.05) is 9.73 Å². The Balaban J connectivity index is 1.47. The Hall–Kier alpha value is -4.05. The number of benzene rings is 3. The molecule has 1 amide bonds. The first-order chi connectivity index (χ1) is 15.3. The highest BCUT2D eigenvalue weighted by molar-refractivity contribution is 7.92. The number of phenolic OH excluding ortho intramolecular Hbond substituents is 1. The number of hydrogen-bond donors (Lipinski definition) is 2. The zero-order valence-electron chi connectivity index (χ0n) is 17.0. The molecule has 1 atom stereocenters. The second-order valence-corrected chi connectivity index (χ2v) is 8.68. The number of nitrogens with zero attached hydrogens (tertiary/aromatic N) is 4. The summed E-state index contributed by atoms with van der Waals surface area (Å²) >= 11 is 0. The van der Waals surface area contributed by atoms with Crippen molar-refractivity contribution in [3.63, 3.8) is 0 Å². The standard InChI is InChI=1S/C22H19N5O4S/c1-15-21(22(29)27(25-15)18-7-3-2-4-8-18)24-23-16-10-12-20(13-11-16)32(30,31)26-17-6-5-9-19(28)14-17/h2-14,21,26,28H,1H3. The van der Waals surface area contributed by atoms with Crippen LogP contribution in [0.1, 0.15) is 6.92 Å². The summed E-state index contributed by atoms with van der Waals surface area (Å²) in [4.78, 5) is 12.7. The van der Waals surface area contributed by atoms with Gasteiger partial charge in [0.2, 0.25) is 0 Å². The molecule has 0 aliphatic carbocycles. The van der Waals surface area contributed by atoms with E-state index in [4.69, 9.17) is 0 Å². The summed E-state index contributed by atoms with van der Waals surface area (Å²) in [6.07, 6.45) is 0. The number of rotatable bonds is 6. The molecule has 1 aliphatic rings. The molecule has 9 nitrogen and oxygen atoms in total. The second kappa shape index (κ2) is 8.60. The van der Waals surface area contributed by atoms with Gasteiger partial charge in [0, 0.05) is 6.07 Å². The molecule has 3 aromatic carbocycles. The molecule has 2 N–H and O–H groups in total. The summed E-state index contributed by atoms with van der Waals surface area (Å²) in [7, 11) is -3.85. The minimum atomic E-state index is -3.85. The lowest BCUT2D eigenvalue weighted by Gasteiger charge is -2.11. The Morgan fingerprint density at radius 3 is 2.41 bits per heavy atom. The third kappa shape index (κ3) is 4.49. The zero-order valence-corrected chi connectivity index (χ0v) is 17.8. The molecule has 0 saturated carbocycles. The Morgan fingerprint density at radius 2 is 1.72 bits per heavy atom. The van der Waals surface area contributed by atoms with Crippen molar-refractivity contribution < 1.29 is 18.3 Å². The highest BCUT2D eigenvalue weighted by Gasteiger charge is 2.34. The van der Waals surface area contributed by atoms with Crippen molar-refractivity contribution in [2.45, 2.75) is 17.9 Å². The van der Waals surface area contributed by atoms with Crippen molar-refractivity contribution in [2.24, 2.45) is 15.3 Å². The Labute approximate surface area is 184 Å². The Bertz CT molecular complexity index is 1310. The first kappa shape index (κ1) is 21.2. The molecule has 0 spiro atoms. The van der Waals surface area contributed by atoms with Gasteiger partial charge >= 0.3 is 0 Å². The van der Waals surface area contributed by atoms with Gasteiger partial charge in [0.1, 0.15) is 5.75 Å². The predicted molar refractivity (Wildman–Crippen MR) is 121 cm³/mol. The predicted octanol–water partition coefficient (Wildman–Crippen LogP) is 4.07. The van der Waals surface area contributed by atoms with E-state index in [0.29, 0.717) is 17.1 Å². The van der Waals surface area contributed by atoms with Gasteiger partial charge in [-0.05, 0) is 55.5 Å². The van der Waals surface area contributed by atoms with Crippen LogP contribution < -0.4 is 9.73 Å². The number of azo groups is 1. The van der Waals surface area contributed by atoms with Gasteiger partial charge < -0.3 is 5.11 Å². The number of aromatic hydroxyl groups is 1. The second-order valence-electron chi connectivity index (χ2n) is 6.99. The van der Waals surface area contributed by atoms with Gasteiger partial charge in [0.15, 0.2) is 6.04 Å². The molecular formula is C22H19N5O4S. The molecule has 1 unspecified atom stereocenters. The summed E-state index contributed by atoms with van der Waals surface area (Å²) in [6, 6.07) is 19.7. The van der Waals surface area contributed by atoms with Crippen molar-refractivity contribution in [3.8, 4) is 5.75 Å². The number of amides is 1. The molecule has 0 radical (unpaired) electrons. The number of para-hydroxylation sites is 1. The molecule has 3 aromatic rings. The van der Waals surface area contributed by atoms with Gasteiger partial charge in [0.25, 0.3) is 15.9 Å². The fourth-order valence-corrected chi connectivity index (χ4v) is 4.09. The van der Waals surface area contributed by atoms with Crippen LogP contribution in [0.25, 0.3) is 0 Å². The number of anilines is 2. The van der Waals surface area contributed by atoms with E-state index in [-0.39, 0.29) is 22.2 Å². The number of nitrogens with one attached hydrogen (secondary N) is 1. The van der Waals surface area contributed by atoms with Crippen LogP contribution in [0.5, 0.6) is 5.75 Å². The van der Waals surface area contributed by atoms with E-state index >= 15 is 0 Å². The van der Waals surface area contributed by atoms with Crippen LogP contribution in [0, 0.1) is 0 Å². The molecule has 0 bridgehead atoms. The lowest BCUT2D eigenvalue weighted by Crippen LogP contribution is -2.29. The van der Waals surface area contributed by atoms with Crippen molar-refractivity contribution in [1.82, 2.24) is 0 Å². The first-order valence-corrected chi connectivity index (χ1v) is 11.1. The van der Waals surface area contributed by atoms with Crippen LogP contribution in [0.2, 0.25) is 0 Å². The smallest absolute Gasteiger partial charge is 0.280 e. The Kier molecular flexibility index (Phi) is 5.69. The SMILES string of the molecule is CC1=NN(c2ccccc2)C(=O)C1N=Nc1ccc(S(=O)(=O)Nc2cccc(O)c2)cc1. The molecule has 4 rings (SSSR count). The first-order valence-electron chi connectivity index (χ1n) is 9.60. The van der Waals surface area contributed by atoms with Crippen LogP contribution in [-0.2, 0) is 14.8 Å². The lowest BCUT2D eigenvalue weighted by molar-refractivity contribution is -0.117. The van der Waals surface area contributed by atoms with Crippen molar-refractivity contribution >= 4 is 38.7 Å². The van der Waals surface area contributed by atoms with E-state index in [9.17, 15) is 18.3 Å². The summed E-state index contributed by atoms with van der Waals surface area (Å²) in [5, 5.41) is 23.2. The molecule has 1 heterocycles. The number of hydrazone groups is 1. The van der Waals surface area contributed by atoms with Gasteiger partial charge in [-0.2, -0.15) is 20.3 Å². The third-order valence-corrected chi connectivity index (χ3v) is 6.03. The van der Waals surface area contributed by atoms with E-state index in [1.807, 2.05) is 18.2 Å². The number of carbonyl (C=O) groups is 1. The average molecular weight is 449 g/mol. The molecule has 1 aliphatic heterocycles. The normalized spacial score (nSPS) is 16.4. The minimum Gasteiger partial charge on any atom is -0.508 e. The highest BCUT2D eigenvalue weighted by atomic mass is 32.2. The molecule has 0 aromatic heterocycles. The van der Waals surface area contributed by atoms with Crippen LogP contribution in [-0.4, -0.2) is 31.2 Å². The van der Waals surface area contributed by atoms with Crippen molar-refractivity contribution in [3.05, 3.63) is 78.9 Å². The quantitative estimate of drug-likeness (QED) is 0.551. The summed E-state index contributed by atoms with van der Waals surface area (Å²) < 4.78 is 27.5. The number of carbonyl (C=O) groups excluding carboxylic acids is 1. The van der Waals surface area contributed by atoms with Crippen LogP contribution in [0.3, 0.4) is 0 Å². The maximum Gasteiger partial charge on any atom is 0.280 e. The summed E-state index contributed by atoms with van der Waals surface area (Å²) in [6.45, 7) is 1.70. The van der Waals surface area contributed by atoms with Crippen LogP contribution in [0.15, 0.2) is 99.1 Å². The summed E-state index contributed by atoms with van der Waals surface area (Å²) in [5.41, 5.74) is 1.78. The number of hydrogen-bond acceptors (Lipinski definition) is 7. The third-order valence-electron chi connectivity index (χ3n) is 4.63. The van der Waals surface area contributed by atoms with Crippen LogP contribution in [0.4, 0.5) is 17.1 Å². The minimum absolute atomic E-state index is 0.0183. The maximum atomic E-state index is 12.7. The number of phenols is 1. The van der Waals surface area contributed by atoms with E-state index in [2.05, 4.69) is 20.1 Å². The molecular weight excluding hydrogens is 430 g/mol. The van der Waals surface area contributed by atoms with E-state index < -0.39 is 16.1 Å². The molecule has 0 fully saturated rings. The van der Waals surface area contributed by atoms with E-state index in [1.165, 1.54) is 53.5 Å². The fourth-order valence-electron chi connectivity index (χ4n) is 3.04. The van der Waals surface area contributed by atoms with Crippen molar-refractivity contribution in [1.29, 1.82) is 0 Å². The number of sulfonamides is 1. The monoisotopic (exact) mass is 449 g/mol. The largest absolute Gasteiger partial charge is 0.508 e. The fraction of sp³-hybridized carbons (Fsp3) is 0.0909. The van der Waals surface area contributed by atoms with Gasteiger partial charge in [-0.3, -0.25) is 9.52 Å². The molecule has 32 heavy (non-hydrogen) atoms. The van der Waals surface area contributed by atoms with Gasteiger partial charge in [-0.25, -0.2) is 8.42 Å². The summed E-state index contributed by atoms with van der Waals surface area (Å²) in [5.74, 6) is -0.362.